The zero-order valence-electron chi connectivity index (χ0n) is 14.9. The maximum Gasteiger partial charge on any atom is 0.387 e. The van der Waals surface area contributed by atoms with E-state index in [1.807, 2.05) is 24.3 Å². The van der Waals surface area contributed by atoms with Gasteiger partial charge in [-0.05, 0) is 43.2 Å². The molecule has 0 aliphatic rings. The van der Waals surface area contributed by atoms with Crippen LogP contribution in [0, 0.1) is 0 Å². The highest BCUT2D eigenvalue weighted by molar-refractivity contribution is 5.76. The van der Waals surface area contributed by atoms with Crippen LogP contribution in [-0.4, -0.2) is 22.5 Å². The molecule has 1 amide bonds. The quantitative estimate of drug-likeness (QED) is 0.616. The van der Waals surface area contributed by atoms with Gasteiger partial charge in [0.2, 0.25) is 5.91 Å². The Morgan fingerprint density at radius 1 is 1.22 bits per heavy atom. The minimum absolute atomic E-state index is 0.0773. The van der Waals surface area contributed by atoms with Crippen molar-refractivity contribution in [2.45, 2.75) is 38.8 Å². The second-order valence-electron chi connectivity index (χ2n) is 6.29. The molecule has 1 aromatic heterocycles. The van der Waals surface area contributed by atoms with E-state index in [1.165, 1.54) is 12.1 Å². The zero-order valence-corrected chi connectivity index (χ0v) is 14.9. The molecule has 0 spiro atoms. The van der Waals surface area contributed by atoms with Crippen LogP contribution in [0.2, 0.25) is 0 Å². The van der Waals surface area contributed by atoms with E-state index >= 15 is 0 Å². The first-order chi connectivity index (χ1) is 13.0. The van der Waals surface area contributed by atoms with Gasteiger partial charge in [-0.2, -0.15) is 8.78 Å². The first-order valence-electron chi connectivity index (χ1n) is 8.79. The van der Waals surface area contributed by atoms with Crippen molar-refractivity contribution >= 4 is 16.9 Å². The molecule has 2 N–H and O–H groups in total. The lowest BCUT2D eigenvalue weighted by atomic mass is 10.1. The molecule has 0 aliphatic carbocycles. The Hall–Kier alpha value is -2.96. The summed E-state index contributed by atoms with van der Waals surface area (Å²) in [5.74, 6) is 0.834. The van der Waals surface area contributed by atoms with Crippen LogP contribution in [0.3, 0.4) is 0 Å². The number of alkyl halides is 2. The van der Waals surface area contributed by atoms with E-state index in [1.54, 1.807) is 19.1 Å². The minimum atomic E-state index is -2.87. The highest BCUT2D eigenvalue weighted by Gasteiger charge is 2.12. The Kier molecular flexibility index (Phi) is 6.01. The van der Waals surface area contributed by atoms with E-state index in [0.29, 0.717) is 24.8 Å². The molecule has 0 radical (unpaired) electrons. The number of fused-ring (bicyclic) bond motifs is 1. The average molecular weight is 373 g/mol. The molecule has 1 heterocycles. The van der Waals surface area contributed by atoms with Crippen molar-refractivity contribution in [3.05, 3.63) is 59.9 Å². The van der Waals surface area contributed by atoms with Gasteiger partial charge < -0.3 is 15.0 Å². The summed E-state index contributed by atoms with van der Waals surface area (Å²) in [4.78, 5) is 19.9. The van der Waals surface area contributed by atoms with Gasteiger partial charge in [0.15, 0.2) is 0 Å². The second-order valence-corrected chi connectivity index (χ2v) is 6.29. The molecule has 5 nitrogen and oxygen atoms in total. The lowest BCUT2D eigenvalue weighted by Crippen LogP contribution is -2.26. The molecule has 7 heteroatoms. The normalized spacial score (nSPS) is 12.3. The summed E-state index contributed by atoms with van der Waals surface area (Å²) in [5, 5.41) is 2.88. The Labute approximate surface area is 155 Å². The average Bonchev–Trinajstić information content (AvgIpc) is 3.04. The van der Waals surface area contributed by atoms with E-state index in [0.717, 1.165) is 16.9 Å². The van der Waals surface area contributed by atoms with Crippen molar-refractivity contribution in [1.29, 1.82) is 0 Å². The predicted molar refractivity (Wildman–Crippen MR) is 98.7 cm³/mol. The van der Waals surface area contributed by atoms with E-state index in [4.69, 9.17) is 0 Å². The third kappa shape index (κ3) is 5.26. The van der Waals surface area contributed by atoms with Crippen LogP contribution in [0.1, 0.15) is 37.2 Å². The standard InChI is InChI=1S/C20H21F2N3O2/c1-13(14-6-4-7-15(12-14)27-20(21)22)23-19(26)11-5-10-18-24-16-8-2-3-9-17(16)25-18/h2-4,6-9,12-13,20H,5,10-11H2,1H3,(H,23,26)(H,24,25). The van der Waals surface area contributed by atoms with Gasteiger partial charge in [-0.1, -0.05) is 24.3 Å². The van der Waals surface area contributed by atoms with Gasteiger partial charge in [-0.25, -0.2) is 4.98 Å². The number of aromatic amines is 1. The Bertz CT molecular complexity index is 878. The van der Waals surface area contributed by atoms with Crippen LogP contribution < -0.4 is 10.1 Å². The number of H-pyrrole nitrogens is 1. The van der Waals surface area contributed by atoms with Crippen molar-refractivity contribution < 1.29 is 18.3 Å². The van der Waals surface area contributed by atoms with Gasteiger partial charge in [0.05, 0.1) is 17.1 Å². The number of benzene rings is 2. The van der Waals surface area contributed by atoms with Crippen LogP contribution >= 0.6 is 0 Å². The third-order valence-corrected chi connectivity index (χ3v) is 4.22. The summed E-state index contributed by atoms with van der Waals surface area (Å²) in [6.45, 7) is -1.07. The van der Waals surface area contributed by atoms with E-state index < -0.39 is 6.61 Å². The smallest absolute Gasteiger partial charge is 0.387 e. The summed E-state index contributed by atoms with van der Waals surface area (Å²) in [6.07, 6.45) is 1.69. The predicted octanol–water partition coefficient (Wildman–Crippen LogP) is 4.36. The highest BCUT2D eigenvalue weighted by Crippen LogP contribution is 2.21. The number of ether oxygens (including phenoxy) is 1. The number of aromatic nitrogens is 2. The Balaban J connectivity index is 1.48. The molecule has 1 unspecified atom stereocenters. The zero-order chi connectivity index (χ0) is 19.2. The number of aryl methyl sites for hydroxylation is 1. The first-order valence-corrected chi connectivity index (χ1v) is 8.79. The number of hydrogen-bond donors (Lipinski definition) is 2. The van der Waals surface area contributed by atoms with Crippen LogP contribution in [0.5, 0.6) is 5.75 Å². The number of para-hydroxylation sites is 2. The van der Waals surface area contributed by atoms with Gasteiger partial charge in [0.25, 0.3) is 0 Å². The SMILES string of the molecule is CC(NC(=O)CCCc1nc2ccccc2[nH]1)c1cccc(OC(F)F)c1. The van der Waals surface area contributed by atoms with Gasteiger partial charge in [0.1, 0.15) is 11.6 Å². The lowest BCUT2D eigenvalue weighted by Gasteiger charge is -2.15. The molecule has 1 atom stereocenters. The number of nitrogens with zero attached hydrogens (tertiary/aromatic N) is 1. The molecule has 142 valence electrons. The maximum atomic E-state index is 12.3. The number of halogens is 2. The topological polar surface area (TPSA) is 67.0 Å². The number of hydrogen-bond acceptors (Lipinski definition) is 3. The van der Waals surface area contributed by atoms with Crippen molar-refractivity contribution in [1.82, 2.24) is 15.3 Å². The lowest BCUT2D eigenvalue weighted by molar-refractivity contribution is -0.121. The van der Waals surface area contributed by atoms with Crippen LogP contribution in [0.25, 0.3) is 11.0 Å². The fraction of sp³-hybridized carbons (Fsp3) is 0.300. The number of carbonyl (C=O) groups is 1. The Morgan fingerprint density at radius 2 is 2.04 bits per heavy atom. The molecule has 0 aliphatic heterocycles. The monoisotopic (exact) mass is 373 g/mol. The number of imidazole rings is 1. The number of nitrogens with one attached hydrogen (secondary N) is 2. The van der Waals surface area contributed by atoms with Crippen LogP contribution in [0.15, 0.2) is 48.5 Å². The summed E-state index contributed by atoms with van der Waals surface area (Å²) in [7, 11) is 0. The van der Waals surface area contributed by atoms with Crippen LogP contribution in [-0.2, 0) is 11.2 Å². The molecule has 0 saturated carbocycles. The van der Waals surface area contributed by atoms with E-state index in [2.05, 4.69) is 20.0 Å². The fourth-order valence-electron chi connectivity index (χ4n) is 2.90. The van der Waals surface area contributed by atoms with Gasteiger partial charge >= 0.3 is 6.61 Å². The van der Waals surface area contributed by atoms with Crippen molar-refractivity contribution in [2.24, 2.45) is 0 Å². The molecular formula is C20H21F2N3O2. The van der Waals surface area contributed by atoms with Crippen molar-refractivity contribution in [3.8, 4) is 5.75 Å². The summed E-state index contributed by atoms with van der Waals surface area (Å²) in [5.41, 5.74) is 2.60. The largest absolute Gasteiger partial charge is 0.435 e. The minimum Gasteiger partial charge on any atom is -0.435 e. The number of carbonyl (C=O) groups excluding carboxylic acids is 1. The molecule has 0 bridgehead atoms. The molecule has 3 rings (SSSR count). The maximum absolute atomic E-state index is 12.3. The van der Waals surface area contributed by atoms with E-state index in [9.17, 15) is 13.6 Å². The van der Waals surface area contributed by atoms with Gasteiger partial charge in [0, 0.05) is 12.8 Å². The molecular weight excluding hydrogens is 352 g/mol. The van der Waals surface area contributed by atoms with Crippen molar-refractivity contribution in [2.75, 3.05) is 0 Å². The van der Waals surface area contributed by atoms with Crippen molar-refractivity contribution in [3.63, 3.8) is 0 Å². The van der Waals surface area contributed by atoms with E-state index in [-0.39, 0.29) is 17.7 Å². The summed E-state index contributed by atoms with van der Waals surface area (Å²) >= 11 is 0. The molecule has 0 fully saturated rings. The third-order valence-electron chi connectivity index (χ3n) is 4.22. The number of amides is 1. The van der Waals surface area contributed by atoms with Gasteiger partial charge in [-0.15, -0.1) is 0 Å². The summed E-state index contributed by atoms with van der Waals surface area (Å²) in [6, 6.07) is 13.8. The van der Waals surface area contributed by atoms with Crippen LogP contribution in [0.4, 0.5) is 8.78 Å². The number of rotatable bonds is 8. The van der Waals surface area contributed by atoms with Gasteiger partial charge in [-0.3, -0.25) is 4.79 Å². The summed E-state index contributed by atoms with van der Waals surface area (Å²) < 4.78 is 29.0. The second kappa shape index (κ2) is 8.62. The fourth-order valence-corrected chi connectivity index (χ4v) is 2.90. The molecule has 3 aromatic rings. The molecule has 27 heavy (non-hydrogen) atoms. The molecule has 2 aromatic carbocycles. The highest BCUT2D eigenvalue weighted by atomic mass is 19.3. The Morgan fingerprint density at radius 3 is 2.81 bits per heavy atom. The molecule has 0 saturated heterocycles. The first kappa shape index (κ1) is 18.8.